The first kappa shape index (κ1) is 16.4. The molecule has 21 heavy (non-hydrogen) atoms. The molecule has 2 aromatic rings. The molecule has 1 aromatic heterocycles. The summed E-state index contributed by atoms with van der Waals surface area (Å²) in [5.74, 6) is -0.0888. The molecule has 0 fully saturated rings. The third kappa shape index (κ3) is 3.82. The van der Waals surface area contributed by atoms with E-state index in [1.165, 1.54) is 10.4 Å². The van der Waals surface area contributed by atoms with Gasteiger partial charge >= 0.3 is 0 Å². The fourth-order valence-corrected chi connectivity index (χ4v) is 4.05. The lowest BCUT2D eigenvalue weighted by Crippen LogP contribution is -2.25. The molecule has 0 amide bonds. The zero-order chi connectivity index (χ0) is 15.2. The third-order valence-electron chi connectivity index (χ3n) is 3.65. The Kier molecular flexibility index (Phi) is 6.15. The second-order valence-corrected chi connectivity index (χ2v) is 6.56. The van der Waals surface area contributed by atoms with Crippen molar-refractivity contribution in [1.29, 1.82) is 0 Å². The average molecular weight is 308 g/mol. The highest BCUT2D eigenvalue weighted by Crippen LogP contribution is 2.34. The minimum absolute atomic E-state index is 0.0888. The van der Waals surface area contributed by atoms with Gasteiger partial charge in [0, 0.05) is 28.1 Å². The van der Waals surface area contributed by atoms with Gasteiger partial charge in [0.2, 0.25) is 0 Å². The molecular formula is C17H25FN2S. The molecule has 0 bridgehead atoms. The summed E-state index contributed by atoms with van der Waals surface area (Å²) in [6.07, 6.45) is 2.26. The SMILES string of the molecule is CCCN(CCC)Cc1c(CNC)sc2cccc(F)c12. The molecule has 0 radical (unpaired) electrons. The molecule has 0 saturated heterocycles. The van der Waals surface area contributed by atoms with Gasteiger partial charge in [0.1, 0.15) is 5.82 Å². The van der Waals surface area contributed by atoms with Gasteiger partial charge in [-0.25, -0.2) is 4.39 Å². The Morgan fingerprint density at radius 2 is 1.90 bits per heavy atom. The van der Waals surface area contributed by atoms with Crippen LogP contribution in [0.3, 0.4) is 0 Å². The summed E-state index contributed by atoms with van der Waals surface area (Å²) < 4.78 is 15.3. The van der Waals surface area contributed by atoms with Crippen LogP contribution in [0.5, 0.6) is 0 Å². The second-order valence-electron chi connectivity index (χ2n) is 5.42. The average Bonchev–Trinajstić information content (AvgIpc) is 2.79. The zero-order valence-electron chi connectivity index (χ0n) is 13.2. The maximum atomic E-state index is 14.3. The quantitative estimate of drug-likeness (QED) is 0.778. The van der Waals surface area contributed by atoms with E-state index in [4.69, 9.17) is 0 Å². The van der Waals surface area contributed by atoms with E-state index in [0.717, 1.165) is 49.1 Å². The van der Waals surface area contributed by atoms with Crippen molar-refractivity contribution in [2.24, 2.45) is 0 Å². The van der Waals surface area contributed by atoms with Gasteiger partial charge in [0.05, 0.1) is 0 Å². The highest BCUT2D eigenvalue weighted by Gasteiger charge is 2.17. The monoisotopic (exact) mass is 308 g/mol. The molecule has 0 atom stereocenters. The van der Waals surface area contributed by atoms with Crippen LogP contribution in [0.1, 0.15) is 37.1 Å². The first-order valence-corrected chi connectivity index (χ1v) is 8.58. The molecule has 1 aromatic carbocycles. The lowest BCUT2D eigenvalue weighted by atomic mass is 10.1. The number of nitrogens with one attached hydrogen (secondary N) is 1. The van der Waals surface area contributed by atoms with Gasteiger partial charge in [-0.15, -0.1) is 11.3 Å². The molecule has 2 nitrogen and oxygen atoms in total. The van der Waals surface area contributed by atoms with Crippen LogP contribution in [0.2, 0.25) is 0 Å². The maximum Gasteiger partial charge on any atom is 0.132 e. The molecule has 0 aliphatic rings. The van der Waals surface area contributed by atoms with Gasteiger partial charge in [-0.3, -0.25) is 4.90 Å². The summed E-state index contributed by atoms with van der Waals surface area (Å²) in [7, 11) is 1.94. The molecular weight excluding hydrogens is 283 g/mol. The smallest absolute Gasteiger partial charge is 0.132 e. The minimum atomic E-state index is -0.0888. The van der Waals surface area contributed by atoms with E-state index >= 15 is 0 Å². The highest BCUT2D eigenvalue weighted by molar-refractivity contribution is 7.19. The predicted molar refractivity (Wildman–Crippen MR) is 90.4 cm³/mol. The molecule has 1 N–H and O–H groups in total. The van der Waals surface area contributed by atoms with Gasteiger partial charge < -0.3 is 5.32 Å². The van der Waals surface area contributed by atoms with E-state index in [1.807, 2.05) is 13.1 Å². The Hall–Kier alpha value is -0.970. The van der Waals surface area contributed by atoms with Crippen molar-refractivity contribution in [1.82, 2.24) is 10.2 Å². The Morgan fingerprint density at radius 1 is 1.19 bits per heavy atom. The summed E-state index contributed by atoms with van der Waals surface area (Å²) in [5.41, 5.74) is 1.17. The van der Waals surface area contributed by atoms with Crippen molar-refractivity contribution in [2.75, 3.05) is 20.1 Å². The molecule has 0 unspecified atom stereocenters. The van der Waals surface area contributed by atoms with Crippen molar-refractivity contribution < 1.29 is 4.39 Å². The number of benzene rings is 1. The number of nitrogens with zero attached hydrogens (tertiary/aromatic N) is 1. The zero-order valence-corrected chi connectivity index (χ0v) is 14.0. The van der Waals surface area contributed by atoms with Gasteiger partial charge in [-0.05, 0) is 50.7 Å². The van der Waals surface area contributed by atoms with Crippen LogP contribution in [0.15, 0.2) is 18.2 Å². The lowest BCUT2D eigenvalue weighted by Gasteiger charge is -2.21. The lowest BCUT2D eigenvalue weighted by molar-refractivity contribution is 0.267. The molecule has 1 heterocycles. The van der Waals surface area contributed by atoms with E-state index in [1.54, 1.807) is 23.5 Å². The third-order valence-corrected chi connectivity index (χ3v) is 4.84. The largest absolute Gasteiger partial charge is 0.315 e. The van der Waals surface area contributed by atoms with Crippen LogP contribution in [-0.4, -0.2) is 25.0 Å². The first-order valence-electron chi connectivity index (χ1n) is 7.76. The van der Waals surface area contributed by atoms with E-state index in [0.29, 0.717) is 0 Å². The Balaban J connectivity index is 2.41. The van der Waals surface area contributed by atoms with Gasteiger partial charge in [-0.2, -0.15) is 0 Å². The van der Waals surface area contributed by atoms with Gasteiger partial charge in [0.25, 0.3) is 0 Å². The fourth-order valence-electron chi connectivity index (χ4n) is 2.81. The molecule has 0 spiro atoms. The summed E-state index contributed by atoms with van der Waals surface area (Å²) in [6.45, 7) is 8.18. The molecule has 116 valence electrons. The predicted octanol–water partition coefficient (Wildman–Crippen LogP) is 4.38. The summed E-state index contributed by atoms with van der Waals surface area (Å²) in [4.78, 5) is 3.70. The van der Waals surface area contributed by atoms with Crippen LogP contribution in [0, 0.1) is 5.82 Å². The van der Waals surface area contributed by atoms with Crippen LogP contribution in [0.25, 0.3) is 10.1 Å². The number of halogens is 1. The number of hydrogen-bond donors (Lipinski definition) is 1. The van der Waals surface area contributed by atoms with Crippen molar-refractivity contribution in [3.8, 4) is 0 Å². The van der Waals surface area contributed by atoms with Crippen molar-refractivity contribution in [3.05, 3.63) is 34.5 Å². The Bertz CT molecular complexity index is 573. The van der Waals surface area contributed by atoms with E-state index in [9.17, 15) is 4.39 Å². The molecule has 0 saturated carbocycles. The summed E-state index contributed by atoms with van der Waals surface area (Å²) in [5, 5.41) is 4.04. The van der Waals surface area contributed by atoms with E-state index in [-0.39, 0.29) is 5.82 Å². The van der Waals surface area contributed by atoms with Crippen molar-refractivity contribution in [3.63, 3.8) is 0 Å². The van der Waals surface area contributed by atoms with E-state index in [2.05, 4.69) is 24.1 Å². The van der Waals surface area contributed by atoms with Crippen molar-refractivity contribution >= 4 is 21.4 Å². The van der Waals surface area contributed by atoms with Crippen molar-refractivity contribution in [2.45, 2.75) is 39.8 Å². The Labute approximate surface area is 131 Å². The van der Waals surface area contributed by atoms with Crippen LogP contribution in [-0.2, 0) is 13.1 Å². The normalized spacial score (nSPS) is 11.7. The number of thiophene rings is 1. The van der Waals surface area contributed by atoms with Crippen LogP contribution in [0.4, 0.5) is 4.39 Å². The summed E-state index contributed by atoms with van der Waals surface area (Å²) in [6, 6.07) is 5.40. The van der Waals surface area contributed by atoms with Crippen LogP contribution >= 0.6 is 11.3 Å². The maximum absolute atomic E-state index is 14.3. The standard InChI is InChI=1S/C17H25FN2S/c1-4-9-20(10-5-2)12-13-16(11-19-3)21-15-8-6-7-14(18)17(13)15/h6-8,19H,4-5,9-12H2,1-3H3. The minimum Gasteiger partial charge on any atom is -0.315 e. The second kappa shape index (κ2) is 7.87. The number of fused-ring (bicyclic) bond motifs is 1. The molecule has 0 aliphatic carbocycles. The number of rotatable bonds is 8. The van der Waals surface area contributed by atoms with Gasteiger partial charge in [-0.1, -0.05) is 19.9 Å². The number of hydrogen-bond acceptors (Lipinski definition) is 3. The molecule has 4 heteroatoms. The molecule has 2 rings (SSSR count). The van der Waals surface area contributed by atoms with E-state index < -0.39 is 0 Å². The van der Waals surface area contributed by atoms with Gasteiger partial charge in [0.15, 0.2) is 0 Å². The fraction of sp³-hybridized carbons (Fsp3) is 0.529. The highest BCUT2D eigenvalue weighted by atomic mass is 32.1. The Morgan fingerprint density at radius 3 is 2.52 bits per heavy atom. The summed E-state index contributed by atoms with van der Waals surface area (Å²) >= 11 is 1.71. The first-order chi connectivity index (χ1) is 10.2. The molecule has 0 aliphatic heterocycles. The topological polar surface area (TPSA) is 15.3 Å². The van der Waals surface area contributed by atoms with Crippen LogP contribution < -0.4 is 5.32 Å².